The molecule has 0 aliphatic carbocycles. The molecule has 0 saturated heterocycles. The standard InChI is InChI=1S/C20H22N2O3/c1-13-9-19(22-16-8-6-5-7-15(13)16)21-12-14-10-17(23-2)20(25-4)18(11-14)24-3/h5-11H,12H2,1-4H3,(H,21,22). The Morgan fingerprint density at radius 1 is 0.920 bits per heavy atom. The van der Waals surface area contributed by atoms with E-state index in [1.807, 2.05) is 30.3 Å². The summed E-state index contributed by atoms with van der Waals surface area (Å²) >= 11 is 0. The first-order valence-electron chi connectivity index (χ1n) is 8.05. The van der Waals surface area contributed by atoms with Crippen LogP contribution in [0.2, 0.25) is 0 Å². The van der Waals surface area contributed by atoms with E-state index in [4.69, 9.17) is 14.2 Å². The summed E-state index contributed by atoms with van der Waals surface area (Å²) in [5, 5.41) is 4.54. The topological polar surface area (TPSA) is 52.6 Å². The summed E-state index contributed by atoms with van der Waals surface area (Å²) < 4.78 is 16.2. The van der Waals surface area contributed by atoms with Crippen LogP contribution in [0.25, 0.3) is 10.9 Å². The van der Waals surface area contributed by atoms with Crippen LogP contribution in [0, 0.1) is 6.92 Å². The lowest BCUT2D eigenvalue weighted by atomic mass is 10.1. The molecule has 25 heavy (non-hydrogen) atoms. The molecule has 0 atom stereocenters. The fourth-order valence-electron chi connectivity index (χ4n) is 2.87. The van der Waals surface area contributed by atoms with Gasteiger partial charge in [0.05, 0.1) is 26.8 Å². The van der Waals surface area contributed by atoms with E-state index in [9.17, 15) is 0 Å². The minimum atomic E-state index is 0.591. The predicted octanol–water partition coefficient (Wildman–Crippen LogP) is 4.18. The zero-order valence-electron chi connectivity index (χ0n) is 14.9. The van der Waals surface area contributed by atoms with Crippen LogP contribution in [0.4, 0.5) is 5.82 Å². The highest BCUT2D eigenvalue weighted by Gasteiger charge is 2.13. The summed E-state index contributed by atoms with van der Waals surface area (Å²) in [6, 6.07) is 14.1. The normalized spacial score (nSPS) is 10.6. The molecule has 0 bridgehead atoms. The lowest BCUT2D eigenvalue weighted by Gasteiger charge is -2.15. The van der Waals surface area contributed by atoms with Crippen LogP contribution in [0.15, 0.2) is 42.5 Å². The van der Waals surface area contributed by atoms with Crippen molar-refractivity contribution in [2.75, 3.05) is 26.6 Å². The Hall–Kier alpha value is -2.95. The maximum absolute atomic E-state index is 5.40. The van der Waals surface area contributed by atoms with Gasteiger partial charge in [0.25, 0.3) is 0 Å². The molecule has 130 valence electrons. The number of aryl methyl sites for hydroxylation is 1. The van der Waals surface area contributed by atoms with Crippen LogP contribution in [-0.2, 0) is 6.54 Å². The van der Waals surface area contributed by atoms with E-state index >= 15 is 0 Å². The molecule has 0 fully saturated rings. The van der Waals surface area contributed by atoms with E-state index in [1.165, 1.54) is 10.9 Å². The van der Waals surface area contributed by atoms with E-state index in [2.05, 4.69) is 29.4 Å². The first-order chi connectivity index (χ1) is 12.2. The van der Waals surface area contributed by atoms with Crippen LogP contribution >= 0.6 is 0 Å². The summed E-state index contributed by atoms with van der Waals surface area (Å²) in [4.78, 5) is 4.67. The van der Waals surface area contributed by atoms with Crippen molar-refractivity contribution in [3.8, 4) is 17.2 Å². The molecular formula is C20H22N2O3. The lowest BCUT2D eigenvalue weighted by Crippen LogP contribution is -2.04. The molecule has 0 radical (unpaired) electrons. The Kier molecular flexibility index (Phi) is 4.93. The van der Waals surface area contributed by atoms with Gasteiger partial charge in [-0.2, -0.15) is 0 Å². The summed E-state index contributed by atoms with van der Waals surface area (Å²) in [6.45, 7) is 2.69. The van der Waals surface area contributed by atoms with Crippen molar-refractivity contribution in [1.82, 2.24) is 4.98 Å². The predicted molar refractivity (Wildman–Crippen MR) is 99.9 cm³/mol. The van der Waals surface area contributed by atoms with Gasteiger partial charge in [-0.3, -0.25) is 0 Å². The van der Waals surface area contributed by atoms with E-state index in [-0.39, 0.29) is 0 Å². The van der Waals surface area contributed by atoms with Gasteiger partial charge in [0.15, 0.2) is 11.5 Å². The minimum Gasteiger partial charge on any atom is -0.493 e. The van der Waals surface area contributed by atoms with Gasteiger partial charge in [-0.25, -0.2) is 4.98 Å². The molecule has 1 N–H and O–H groups in total. The van der Waals surface area contributed by atoms with Gasteiger partial charge in [0.2, 0.25) is 5.75 Å². The highest BCUT2D eigenvalue weighted by atomic mass is 16.5. The molecule has 3 rings (SSSR count). The monoisotopic (exact) mass is 338 g/mol. The molecule has 0 aliphatic heterocycles. The van der Waals surface area contributed by atoms with Crippen LogP contribution in [0.5, 0.6) is 17.2 Å². The average molecular weight is 338 g/mol. The van der Waals surface area contributed by atoms with Crippen molar-refractivity contribution in [3.63, 3.8) is 0 Å². The van der Waals surface area contributed by atoms with Crippen LogP contribution in [0.3, 0.4) is 0 Å². The van der Waals surface area contributed by atoms with Crippen LogP contribution < -0.4 is 19.5 Å². The largest absolute Gasteiger partial charge is 0.493 e. The molecule has 0 saturated carbocycles. The van der Waals surface area contributed by atoms with Gasteiger partial charge in [-0.1, -0.05) is 18.2 Å². The molecule has 0 amide bonds. The smallest absolute Gasteiger partial charge is 0.203 e. The van der Waals surface area contributed by atoms with Crippen molar-refractivity contribution in [3.05, 3.63) is 53.6 Å². The summed E-state index contributed by atoms with van der Waals surface area (Å²) in [6.07, 6.45) is 0. The van der Waals surface area contributed by atoms with E-state index in [0.29, 0.717) is 23.8 Å². The fourth-order valence-corrected chi connectivity index (χ4v) is 2.87. The van der Waals surface area contributed by atoms with Gasteiger partial charge >= 0.3 is 0 Å². The third-order valence-corrected chi connectivity index (χ3v) is 4.12. The number of fused-ring (bicyclic) bond motifs is 1. The lowest BCUT2D eigenvalue weighted by molar-refractivity contribution is 0.324. The summed E-state index contributed by atoms with van der Waals surface area (Å²) in [5.41, 5.74) is 3.19. The third kappa shape index (κ3) is 3.45. The number of rotatable bonds is 6. The second-order valence-electron chi connectivity index (χ2n) is 5.73. The molecule has 1 heterocycles. The number of ether oxygens (including phenoxy) is 3. The SMILES string of the molecule is COc1cc(CNc2cc(C)c3ccccc3n2)cc(OC)c1OC. The Morgan fingerprint density at radius 2 is 1.60 bits per heavy atom. The zero-order chi connectivity index (χ0) is 17.8. The highest BCUT2D eigenvalue weighted by Crippen LogP contribution is 2.38. The van der Waals surface area contributed by atoms with E-state index in [1.54, 1.807) is 21.3 Å². The number of benzene rings is 2. The van der Waals surface area contributed by atoms with Crippen LogP contribution in [0.1, 0.15) is 11.1 Å². The number of nitrogens with zero attached hydrogens (tertiary/aromatic N) is 1. The Labute approximate surface area is 147 Å². The maximum Gasteiger partial charge on any atom is 0.203 e. The number of anilines is 1. The molecule has 0 unspecified atom stereocenters. The summed E-state index contributed by atoms with van der Waals surface area (Å²) in [7, 11) is 4.82. The van der Waals surface area contributed by atoms with Gasteiger partial charge in [-0.05, 0) is 42.3 Å². The average Bonchev–Trinajstić information content (AvgIpc) is 2.65. The number of hydrogen-bond donors (Lipinski definition) is 1. The quantitative estimate of drug-likeness (QED) is 0.731. The van der Waals surface area contributed by atoms with Crippen molar-refractivity contribution in [2.45, 2.75) is 13.5 Å². The van der Waals surface area contributed by atoms with E-state index in [0.717, 1.165) is 16.9 Å². The molecule has 5 heteroatoms. The second kappa shape index (κ2) is 7.30. The minimum absolute atomic E-state index is 0.591. The maximum atomic E-state index is 5.40. The van der Waals surface area contributed by atoms with Crippen molar-refractivity contribution in [1.29, 1.82) is 0 Å². The molecule has 3 aromatic rings. The van der Waals surface area contributed by atoms with Gasteiger partial charge in [0.1, 0.15) is 5.82 Å². The van der Waals surface area contributed by atoms with E-state index < -0.39 is 0 Å². The number of aromatic nitrogens is 1. The van der Waals surface area contributed by atoms with Gasteiger partial charge in [-0.15, -0.1) is 0 Å². The van der Waals surface area contributed by atoms with Gasteiger partial charge in [0, 0.05) is 11.9 Å². The number of nitrogens with one attached hydrogen (secondary N) is 1. The number of hydrogen-bond acceptors (Lipinski definition) is 5. The number of pyridine rings is 1. The highest BCUT2D eigenvalue weighted by molar-refractivity contribution is 5.83. The summed E-state index contributed by atoms with van der Waals surface area (Å²) in [5.74, 6) is 2.71. The Bertz CT molecular complexity index is 868. The fraction of sp³-hybridized carbons (Fsp3) is 0.250. The Balaban J connectivity index is 1.86. The van der Waals surface area contributed by atoms with Crippen molar-refractivity contribution in [2.24, 2.45) is 0 Å². The molecule has 0 aliphatic rings. The van der Waals surface area contributed by atoms with Gasteiger partial charge < -0.3 is 19.5 Å². The molecular weight excluding hydrogens is 316 g/mol. The molecule has 5 nitrogen and oxygen atoms in total. The molecule has 2 aromatic carbocycles. The third-order valence-electron chi connectivity index (χ3n) is 4.12. The molecule has 1 aromatic heterocycles. The first-order valence-corrected chi connectivity index (χ1v) is 8.05. The van der Waals surface area contributed by atoms with Crippen molar-refractivity contribution < 1.29 is 14.2 Å². The second-order valence-corrected chi connectivity index (χ2v) is 5.73. The Morgan fingerprint density at radius 3 is 2.24 bits per heavy atom. The number of methoxy groups -OCH3 is 3. The van der Waals surface area contributed by atoms with Crippen molar-refractivity contribution >= 4 is 16.7 Å². The molecule has 0 spiro atoms. The first kappa shape index (κ1) is 16.9. The van der Waals surface area contributed by atoms with Crippen LogP contribution in [-0.4, -0.2) is 26.3 Å². The number of para-hydroxylation sites is 1. The zero-order valence-corrected chi connectivity index (χ0v) is 14.9.